The minimum Gasteiger partial charge on any atom is -0.353 e. The maximum absolute atomic E-state index is 12.5. The number of rotatable bonds is 5. The normalized spacial score (nSPS) is 16.5. The molecule has 0 spiro atoms. The van der Waals surface area contributed by atoms with Crippen molar-refractivity contribution in [1.82, 2.24) is 10.3 Å². The maximum Gasteiger partial charge on any atom is 0.239 e. The Morgan fingerprint density at radius 1 is 1.27 bits per heavy atom. The van der Waals surface area contributed by atoms with Gasteiger partial charge in [0.1, 0.15) is 5.82 Å². The highest BCUT2D eigenvalue weighted by Crippen LogP contribution is 2.21. The molecule has 0 radical (unpaired) electrons. The summed E-state index contributed by atoms with van der Waals surface area (Å²) < 4.78 is 0. The Labute approximate surface area is 152 Å². The van der Waals surface area contributed by atoms with Crippen LogP contribution in [0.25, 0.3) is 0 Å². The first-order chi connectivity index (χ1) is 12.5. The van der Waals surface area contributed by atoms with Gasteiger partial charge in [-0.05, 0) is 17.7 Å². The molecule has 26 heavy (non-hydrogen) atoms. The lowest BCUT2D eigenvalue weighted by Gasteiger charge is -2.27. The SMILES string of the molecule is CC(C(=O)Nc1ccc(N2CCNC(=O)C2)nc1)C(N)c1ccccc1. The van der Waals surface area contributed by atoms with Crippen molar-refractivity contribution < 1.29 is 9.59 Å². The Kier molecular flexibility index (Phi) is 5.48. The summed E-state index contributed by atoms with van der Waals surface area (Å²) in [7, 11) is 0. The van der Waals surface area contributed by atoms with Crippen molar-refractivity contribution in [2.24, 2.45) is 11.7 Å². The van der Waals surface area contributed by atoms with Crippen LogP contribution in [0.4, 0.5) is 11.5 Å². The molecule has 2 unspecified atom stereocenters. The number of carbonyl (C=O) groups excluding carboxylic acids is 2. The van der Waals surface area contributed by atoms with E-state index < -0.39 is 0 Å². The van der Waals surface area contributed by atoms with Crippen LogP contribution in [0.1, 0.15) is 18.5 Å². The number of hydrogen-bond donors (Lipinski definition) is 3. The summed E-state index contributed by atoms with van der Waals surface area (Å²) in [6.07, 6.45) is 1.60. The van der Waals surface area contributed by atoms with Crippen LogP contribution >= 0.6 is 0 Å². The fourth-order valence-corrected chi connectivity index (χ4v) is 2.86. The number of carbonyl (C=O) groups is 2. The van der Waals surface area contributed by atoms with Gasteiger partial charge in [0.25, 0.3) is 0 Å². The summed E-state index contributed by atoms with van der Waals surface area (Å²) in [5, 5.41) is 5.63. The van der Waals surface area contributed by atoms with Gasteiger partial charge in [-0.15, -0.1) is 0 Å². The molecule has 1 fully saturated rings. The Morgan fingerprint density at radius 3 is 2.69 bits per heavy atom. The first kappa shape index (κ1) is 17.9. The van der Waals surface area contributed by atoms with E-state index in [0.717, 1.165) is 5.56 Å². The molecule has 7 heteroatoms. The molecule has 1 aromatic carbocycles. The number of hydrogen-bond acceptors (Lipinski definition) is 5. The molecule has 1 aliphatic rings. The van der Waals surface area contributed by atoms with Gasteiger partial charge < -0.3 is 21.3 Å². The van der Waals surface area contributed by atoms with Crippen LogP contribution in [0.2, 0.25) is 0 Å². The monoisotopic (exact) mass is 353 g/mol. The predicted molar refractivity (Wildman–Crippen MR) is 101 cm³/mol. The molecule has 7 nitrogen and oxygen atoms in total. The second kappa shape index (κ2) is 7.97. The number of piperazine rings is 1. The zero-order valence-electron chi connectivity index (χ0n) is 14.7. The van der Waals surface area contributed by atoms with Gasteiger partial charge in [0.05, 0.1) is 24.3 Å². The highest BCUT2D eigenvalue weighted by atomic mass is 16.2. The number of anilines is 2. The molecule has 1 aromatic heterocycles. The van der Waals surface area contributed by atoms with E-state index in [-0.39, 0.29) is 23.8 Å². The fraction of sp³-hybridized carbons (Fsp3) is 0.316. The smallest absolute Gasteiger partial charge is 0.239 e. The highest BCUT2D eigenvalue weighted by molar-refractivity contribution is 5.92. The molecule has 0 aliphatic carbocycles. The van der Waals surface area contributed by atoms with Crippen LogP contribution in [0, 0.1) is 5.92 Å². The maximum atomic E-state index is 12.5. The molecule has 2 heterocycles. The van der Waals surface area contributed by atoms with E-state index in [1.54, 1.807) is 25.3 Å². The van der Waals surface area contributed by atoms with Gasteiger partial charge in [-0.3, -0.25) is 9.59 Å². The van der Waals surface area contributed by atoms with E-state index in [2.05, 4.69) is 15.6 Å². The van der Waals surface area contributed by atoms with Crippen LogP contribution in [-0.4, -0.2) is 36.4 Å². The number of benzene rings is 1. The second-order valence-corrected chi connectivity index (χ2v) is 6.39. The summed E-state index contributed by atoms with van der Waals surface area (Å²) in [4.78, 5) is 30.2. The van der Waals surface area contributed by atoms with Gasteiger partial charge in [0.2, 0.25) is 11.8 Å². The predicted octanol–water partition coefficient (Wildman–Crippen LogP) is 1.29. The van der Waals surface area contributed by atoms with Crippen LogP contribution < -0.4 is 21.3 Å². The molecule has 3 rings (SSSR count). The Bertz CT molecular complexity index is 763. The van der Waals surface area contributed by atoms with E-state index >= 15 is 0 Å². The fourth-order valence-electron chi connectivity index (χ4n) is 2.86. The summed E-state index contributed by atoms with van der Waals surface area (Å²) in [6.45, 7) is 3.42. The zero-order chi connectivity index (χ0) is 18.5. The number of nitrogens with zero attached hydrogens (tertiary/aromatic N) is 2. The third kappa shape index (κ3) is 4.18. The molecule has 1 aliphatic heterocycles. The molecule has 2 atom stereocenters. The van der Waals surface area contributed by atoms with E-state index in [1.165, 1.54) is 0 Å². The van der Waals surface area contributed by atoms with Gasteiger partial charge in [0.15, 0.2) is 0 Å². The minimum atomic E-state index is -0.386. The van der Waals surface area contributed by atoms with Crippen molar-refractivity contribution in [1.29, 1.82) is 0 Å². The number of nitrogens with one attached hydrogen (secondary N) is 2. The Morgan fingerprint density at radius 2 is 2.04 bits per heavy atom. The highest BCUT2D eigenvalue weighted by Gasteiger charge is 2.22. The number of amides is 2. The quantitative estimate of drug-likeness (QED) is 0.752. The van der Waals surface area contributed by atoms with Gasteiger partial charge in [-0.2, -0.15) is 0 Å². The van der Waals surface area contributed by atoms with Crippen molar-refractivity contribution in [3.8, 4) is 0 Å². The third-order valence-electron chi connectivity index (χ3n) is 4.51. The molecule has 0 bridgehead atoms. The van der Waals surface area contributed by atoms with Gasteiger partial charge in [0, 0.05) is 19.1 Å². The molecular formula is C19H23N5O2. The summed E-state index contributed by atoms with van der Waals surface area (Å²) in [5.41, 5.74) is 7.73. The second-order valence-electron chi connectivity index (χ2n) is 6.39. The topological polar surface area (TPSA) is 100 Å². The molecule has 2 aromatic rings. The molecule has 0 saturated carbocycles. The van der Waals surface area contributed by atoms with Gasteiger partial charge >= 0.3 is 0 Å². The standard InChI is InChI=1S/C19H23N5O2/c1-13(18(20)14-5-3-2-4-6-14)19(26)23-15-7-8-16(22-11-15)24-10-9-21-17(25)12-24/h2-8,11,13,18H,9-10,12,20H2,1H3,(H,21,25)(H,23,26). The van der Waals surface area contributed by atoms with Crippen molar-refractivity contribution >= 4 is 23.3 Å². The largest absolute Gasteiger partial charge is 0.353 e. The zero-order valence-corrected chi connectivity index (χ0v) is 14.7. The number of nitrogens with two attached hydrogens (primary N) is 1. The first-order valence-electron chi connectivity index (χ1n) is 8.63. The number of pyridine rings is 1. The van der Waals surface area contributed by atoms with Crippen LogP contribution in [0.15, 0.2) is 48.7 Å². The van der Waals surface area contributed by atoms with Crippen molar-refractivity contribution in [3.63, 3.8) is 0 Å². The third-order valence-corrected chi connectivity index (χ3v) is 4.51. The Hall–Kier alpha value is -2.93. The molecular weight excluding hydrogens is 330 g/mol. The van der Waals surface area contributed by atoms with Crippen molar-refractivity contribution in [3.05, 3.63) is 54.2 Å². The van der Waals surface area contributed by atoms with Crippen molar-refractivity contribution in [2.45, 2.75) is 13.0 Å². The van der Waals surface area contributed by atoms with E-state index in [4.69, 9.17) is 5.73 Å². The molecule has 1 saturated heterocycles. The minimum absolute atomic E-state index is 0.0147. The van der Waals surface area contributed by atoms with E-state index in [1.807, 2.05) is 35.2 Å². The summed E-state index contributed by atoms with van der Waals surface area (Å²) in [6, 6.07) is 12.8. The summed E-state index contributed by atoms with van der Waals surface area (Å²) >= 11 is 0. The lowest BCUT2D eigenvalue weighted by Crippen LogP contribution is -2.48. The van der Waals surface area contributed by atoms with Gasteiger partial charge in [-0.25, -0.2) is 4.98 Å². The first-order valence-corrected chi connectivity index (χ1v) is 8.63. The lowest BCUT2D eigenvalue weighted by molar-refractivity contribution is -0.121. The summed E-state index contributed by atoms with van der Waals surface area (Å²) in [5.74, 6) is 0.155. The average Bonchev–Trinajstić information content (AvgIpc) is 2.68. The molecule has 2 amide bonds. The van der Waals surface area contributed by atoms with Crippen LogP contribution in [0.3, 0.4) is 0 Å². The van der Waals surface area contributed by atoms with Crippen LogP contribution in [-0.2, 0) is 9.59 Å². The van der Waals surface area contributed by atoms with Crippen LogP contribution in [0.5, 0.6) is 0 Å². The van der Waals surface area contributed by atoms with E-state index in [9.17, 15) is 9.59 Å². The molecule has 136 valence electrons. The average molecular weight is 353 g/mol. The van der Waals surface area contributed by atoms with E-state index in [0.29, 0.717) is 31.1 Å². The Balaban J connectivity index is 1.61. The molecule has 4 N–H and O–H groups in total. The lowest BCUT2D eigenvalue weighted by atomic mass is 9.94. The van der Waals surface area contributed by atoms with Crippen molar-refractivity contribution in [2.75, 3.05) is 29.9 Å². The number of aromatic nitrogens is 1. The van der Waals surface area contributed by atoms with Gasteiger partial charge in [-0.1, -0.05) is 37.3 Å².